The molecule has 3 aromatic rings. The molecule has 1 unspecified atom stereocenters. The highest BCUT2D eigenvalue weighted by Gasteiger charge is 2.16. The van der Waals surface area contributed by atoms with Crippen molar-refractivity contribution in [3.05, 3.63) is 70.1 Å². The lowest BCUT2D eigenvalue weighted by Crippen LogP contribution is -2.14. The average Bonchev–Trinajstić information content (AvgIpc) is 2.74. The van der Waals surface area contributed by atoms with E-state index in [2.05, 4.69) is 17.0 Å². The van der Waals surface area contributed by atoms with Gasteiger partial charge in [-0.25, -0.2) is 4.79 Å². The molecule has 0 aliphatic carbocycles. The molecule has 1 heterocycles. The number of hydrogen-bond donors (Lipinski definition) is 1. The third-order valence-corrected chi connectivity index (χ3v) is 4.54. The predicted molar refractivity (Wildman–Crippen MR) is 113 cm³/mol. The first-order valence-corrected chi connectivity index (χ1v) is 9.66. The van der Waals surface area contributed by atoms with Crippen LogP contribution in [0.25, 0.3) is 11.0 Å². The van der Waals surface area contributed by atoms with Gasteiger partial charge in [0.25, 0.3) is 5.91 Å². The van der Waals surface area contributed by atoms with E-state index < -0.39 is 11.4 Å². The monoisotopic (exact) mass is 409 g/mol. The molecule has 1 aromatic heterocycles. The number of fused-ring (bicyclic) bond motifs is 1. The van der Waals surface area contributed by atoms with Gasteiger partial charge in [-0.15, -0.1) is 0 Å². The molecule has 2 aromatic carbocycles. The molecule has 0 aliphatic rings. The highest BCUT2D eigenvalue weighted by molar-refractivity contribution is 6.08. The van der Waals surface area contributed by atoms with E-state index in [1.807, 2.05) is 6.92 Å². The van der Waals surface area contributed by atoms with Gasteiger partial charge in [-0.05, 0) is 49.7 Å². The van der Waals surface area contributed by atoms with Crippen molar-refractivity contribution in [1.29, 1.82) is 0 Å². The van der Waals surface area contributed by atoms with Crippen molar-refractivity contribution in [3.8, 4) is 5.75 Å². The maximum atomic E-state index is 12.7. The fraction of sp³-hybridized carbons (Fsp3) is 0.261. The Balaban J connectivity index is 1.85. The molecule has 0 bridgehead atoms. The van der Waals surface area contributed by atoms with Crippen LogP contribution in [0.5, 0.6) is 5.75 Å². The Labute approximate surface area is 173 Å². The van der Waals surface area contributed by atoms with Gasteiger partial charge in [0.1, 0.15) is 5.75 Å². The highest BCUT2D eigenvalue weighted by Crippen LogP contribution is 2.24. The van der Waals surface area contributed by atoms with Crippen LogP contribution in [0.15, 0.2) is 57.7 Å². The number of amides is 1. The van der Waals surface area contributed by atoms with Crippen LogP contribution in [-0.4, -0.2) is 25.1 Å². The van der Waals surface area contributed by atoms with E-state index in [0.717, 1.165) is 18.9 Å². The van der Waals surface area contributed by atoms with E-state index in [1.165, 1.54) is 7.11 Å². The van der Waals surface area contributed by atoms with E-state index in [9.17, 15) is 14.4 Å². The molecule has 0 saturated carbocycles. The first kappa shape index (κ1) is 21.1. The van der Waals surface area contributed by atoms with Crippen LogP contribution in [0.4, 0.5) is 5.69 Å². The van der Waals surface area contributed by atoms with Gasteiger partial charge in [-0.3, -0.25) is 9.59 Å². The number of rotatable bonds is 7. The summed E-state index contributed by atoms with van der Waals surface area (Å²) in [4.78, 5) is 36.8. The lowest BCUT2D eigenvalue weighted by atomic mass is 10.1. The summed E-state index contributed by atoms with van der Waals surface area (Å²) in [5, 5.41) is 2.97. The zero-order valence-electron chi connectivity index (χ0n) is 17.1. The number of para-hydroxylation sites is 1. The molecule has 30 heavy (non-hydrogen) atoms. The van der Waals surface area contributed by atoms with Gasteiger partial charge in [0.2, 0.25) is 5.76 Å². The van der Waals surface area contributed by atoms with Crippen LogP contribution >= 0.6 is 0 Å². The summed E-state index contributed by atoms with van der Waals surface area (Å²) >= 11 is 0. The van der Waals surface area contributed by atoms with Gasteiger partial charge in [0.15, 0.2) is 11.0 Å². The Morgan fingerprint density at radius 2 is 1.87 bits per heavy atom. The summed E-state index contributed by atoms with van der Waals surface area (Å²) in [6, 6.07) is 12.6. The van der Waals surface area contributed by atoms with Crippen LogP contribution < -0.4 is 15.5 Å². The van der Waals surface area contributed by atoms with Crippen molar-refractivity contribution in [2.75, 3.05) is 12.4 Å². The quantitative estimate of drug-likeness (QED) is 0.581. The summed E-state index contributed by atoms with van der Waals surface area (Å²) in [5.41, 5.74) is 0.383. The van der Waals surface area contributed by atoms with Crippen molar-refractivity contribution in [3.63, 3.8) is 0 Å². The summed E-state index contributed by atoms with van der Waals surface area (Å²) in [5.74, 6) is -0.712. The molecule has 0 spiro atoms. The van der Waals surface area contributed by atoms with E-state index in [0.29, 0.717) is 11.3 Å². The number of nitrogens with one attached hydrogen (secondary N) is 1. The van der Waals surface area contributed by atoms with Crippen molar-refractivity contribution in [2.24, 2.45) is 0 Å². The molecule has 1 amide bonds. The maximum Gasteiger partial charge on any atom is 0.374 e. The van der Waals surface area contributed by atoms with Gasteiger partial charge < -0.3 is 19.2 Å². The SMILES string of the molecule is CCCC(C)Oc1ccc(C(=O)Nc2cccc3c(=O)cc(C(=O)OC)oc23)cc1. The first-order chi connectivity index (χ1) is 14.4. The van der Waals surface area contributed by atoms with Gasteiger partial charge >= 0.3 is 5.97 Å². The third-order valence-electron chi connectivity index (χ3n) is 4.54. The summed E-state index contributed by atoms with van der Waals surface area (Å²) < 4.78 is 16.0. The summed E-state index contributed by atoms with van der Waals surface area (Å²) in [7, 11) is 1.19. The highest BCUT2D eigenvalue weighted by atomic mass is 16.5. The van der Waals surface area contributed by atoms with Gasteiger partial charge in [0, 0.05) is 11.6 Å². The van der Waals surface area contributed by atoms with E-state index in [-0.39, 0.29) is 34.4 Å². The topological polar surface area (TPSA) is 94.8 Å². The number of benzene rings is 2. The largest absolute Gasteiger partial charge is 0.491 e. The van der Waals surface area contributed by atoms with Gasteiger partial charge in [0.05, 0.1) is 24.3 Å². The number of methoxy groups -OCH3 is 1. The van der Waals surface area contributed by atoms with E-state index in [1.54, 1.807) is 42.5 Å². The summed E-state index contributed by atoms with van der Waals surface area (Å²) in [6.45, 7) is 4.10. The zero-order chi connectivity index (χ0) is 21.7. The Morgan fingerprint density at radius 3 is 2.53 bits per heavy atom. The Kier molecular flexibility index (Phi) is 6.51. The third kappa shape index (κ3) is 4.68. The fourth-order valence-corrected chi connectivity index (χ4v) is 3.05. The number of ether oxygens (including phenoxy) is 2. The second kappa shape index (κ2) is 9.26. The minimum absolute atomic E-state index is 0.0947. The molecule has 0 fully saturated rings. The first-order valence-electron chi connectivity index (χ1n) is 9.66. The molecule has 156 valence electrons. The Hall–Kier alpha value is -3.61. The Bertz CT molecular complexity index is 1120. The molecule has 0 aliphatic heterocycles. The lowest BCUT2D eigenvalue weighted by Gasteiger charge is -2.14. The molecule has 1 N–H and O–H groups in total. The van der Waals surface area contributed by atoms with Crippen molar-refractivity contribution < 1.29 is 23.5 Å². The second-order valence-corrected chi connectivity index (χ2v) is 6.84. The van der Waals surface area contributed by atoms with Crippen LogP contribution in [0, 0.1) is 0 Å². The van der Waals surface area contributed by atoms with E-state index in [4.69, 9.17) is 9.15 Å². The molecular weight excluding hydrogens is 386 g/mol. The molecule has 7 nitrogen and oxygen atoms in total. The second-order valence-electron chi connectivity index (χ2n) is 6.84. The molecule has 0 saturated heterocycles. The smallest absolute Gasteiger partial charge is 0.374 e. The van der Waals surface area contributed by atoms with Crippen LogP contribution in [-0.2, 0) is 4.74 Å². The van der Waals surface area contributed by atoms with Crippen molar-refractivity contribution in [2.45, 2.75) is 32.8 Å². The zero-order valence-corrected chi connectivity index (χ0v) is 17.1. The normalized spacial score (nSPS) is 11.7. The van der Waals surface area contributed by atoms with E-state index >= 15 is 0 Å². The van der Waals surface area contributed by atoms with Gasteiger partial charge in [-0.1, -0.05) is 19.4 Å². The number of carbonyl (C=O) groups excluding carboxylic acids is 2. The predicted octanol–water partition coefficient (Wildman–Crippen LogP) is 4.40. The maximum absolute atomic E-state index is 12.7. The molecule has 0 radical (unpaired) electrons. The summed E-state index contributed by atoms with van der Waals surface area (Å²) in [6.07, 6.45) is 2.07. The van der Waals surface area contributed by atoms with Crippen molar-refractivity contribution in [1.82, 2.24) is 0 Å². The minimum Gasteiger partial charge on any atom is -0.491 e. The van der Waals surface area contributed by atoms with Crippen LogP contribution in [0.3, 0.4) is 0 Å². The van der Waals surface area contributed by atoms with Crippen LogP contribution in [0.1, 0.15) is 47.6 Å². The molecule has 3 rings (SSSR count). The molecule has 1 atom stereocenters. The lowest BCUT2D eigenvalue weighted by molar-refractivity contribution is 0.0565. The number of anilines is 1. The number of esters is 1. The Morgan fingerprint density at radius 1 is 1.13 bits per heavy atom. The van der Waals surface area contributed by atoms with Crippen molar-refractivity contribution >= 4 is 28.5 Å². The average molecular weight is 409 g/mol. The number of hydrogen-bond acceptors (Lipinski definition) is 6. The van der Waals surface area contributed by atoms with Crippen LogP contribution in [0.2, 0.25) is 0 Å². The van der Waals surface area contributed by atoms with Gasteiger partial charge in [-0.2, -0.15) is 0 Å². The molecule has 7 heteroatoms. The standard InChI is InChI=1S/C23H23NO6/c1-4-6-14(2)29-16-11-9-15(10-12-16)22(26)24-18-8-5-7-17-19(25)13-20(23(27)28-3)30-21(17)18/h5,7-14H,4,6H2,1-3H3,(H,24,26). The number of carbonyl (C=O) groups is 2. The fourth-order valence-electron chi connectivity index (χ4n) is 3.05. The minimum atomic E-state index is -0.775. The molecular formula is C23H23NO6.